The quantitative estimate of drug-likeness (QED) is 0.168. The number of rotatable bonds is 6. The fraction of sp³-hybridized carbons (Fsp3) is 0.0161. The smallest absolute Gasteiger partial charge is 0.164 e. The first-order valence-corrected chi connectivity index (χ1v) is 22.3. The Labute approximate surface area is 378 Å². The summed E-state index contributed by atoms with van der Waals surface area (Å²) in [4.78, 5) is 15.0. The molecule has 2 aliphatic rings. The first kappa shape index (κ1) is 37.1. The second kappa shape index (κ2) is 14.8. The molecule has 1 heterocycles. The molecule has 65 heavy (non-hydrogen) atoms. The Morgan fingerprint density at radius 3 is 1.28 bits per heavy atom. The van der Waals surface area contributed by atoms with Crippen LogP contribution >= 0.6 is 0 Å². The summed E-state index contributed by atoms with van der Waals surface area (Å²) in [6.07, 6.45) is 0. The van der Waals surface area contributed by atoms with Crippen molar-refractivity contribution in [2.75, 3.05) is 0 Å². The summed E-state index contributed by atoms with van der Waals surface area (Å²) in [7, 11) is 0. The van der Waals surface area contributed by atoms with Gasteiger partial charge in [0.05, 0.1) is 5.41 Å². The molecule has 0 bridgehead atoms. The van der Waals surface area contributed by atoms with E-state index in [-0.39, 0.29) is 0 Å². The Bertz CT molecular complexity index is 3550. The third-order valence-electron chi connectivity index (χ3n) is 13.5. The molecule has 302 valence electrons. The predicted octanol–water partition coefficient (Wildman–Crippen LogP) is 15.4. The van der Waals surface area contributed by atoms with E-state index in [4.69, 9.17) is 15.0 Å². The Kier molecular flexibility index (Phi) is 8.44. The zero-order chi connectivity index (χ0) is 42.9. The lowest BCUT2D eigenvalue weighted by atomic mass is 9.70. The van der Waals surface area contributed by atoms with E-state index in [1.165, 1.54) is 77.5 Å². The monoisotopic (exact) mass is 825 g/mol. The molecule has 2 aliphatic carbocycles. The molecule has 0 fully saturated rings. The van der Waals surface area contributed by atoms with Gasteiger partial charge < -0.3 is 0 Å². The molecule has 11 aromatic rings. The number of benzene rings is 10. The minimum atomic E-state index is -0.439. The van der Waals surface area contributed by atoms with Crippen LogP contribution in [0.25, 0.3) is 101 Å². The number of aromatic nitrogens is 3. The molecule has 1 spiro atoms. The molecule has 1 aromatic heterocycles. The van der Waals surface area contributed by atoms with Gasteiger partial charge in [0, 0.05) is 16.7 Å². The Balaban J connectivity index is 0.969. The standard InChI is InChI=1S/C62H39N3/c1-3-17-43(18-4-1)59-63-60(44-19-5-2-6-20-44)65-61(64-59)48-23-15-22-46(37-48)41-30-33-42(34-31-41)53-39-58-54(38-52(53)47-35-32-40-16-7-8-21-45(40)36-47)51-26-11-14-29-57(51)62(58)55-27-12-9-24-49(55)50-25-10-13-28-56(50)62/h1-39H. The van der Waals surface area contributed by atoms with Gasteiger partial charge in [0.2, 0.25) is 0 Å². The largest absolute Gasteiger partial charge is 0.208 e. The number of hydrogen-bond acceptors (Lipinski definition) is 3. The Hall–Kier alpha value is -8.53. The van der Waals surface area contributed by atoms with Gasteiger partial charge in [-0.3, -0.25) is 0 Å². The normalized spacial score (nSPS) is 12.7. The molecule has 10 aromatic carbocycles. The van der Waals surface area contributed by atoms with Crippen molar-refractivity contribution in [3.8, 4) is 89.8 Å². The molecular weight excluding hydrogens is 787 g/mol. The van der Waals surface area contributed by atoms with Crippen molar-refractivity contribution in [1.29, 1.82) is 0 Å². The van der Waals surface area contributed by atoms with Gasteiger partial charge in [0.1, 0.15) is 0 Å². The summed E-state index contributed by atoms with van der Waals surface area (Å²) in [5, 5.41) is 2.46. The van der Waals surface area contributed by atoms with Gasteiger partial charge in [-0.2, -0.15) is 0 Å². The van der Waals surface area contributed by atoms with Gasteiger partial charge in [-0.15, -0.1) is 0 Å². The molecule has 0 aliphatic heterocycles. The summed E-state index contributed by atoms with van der Waals surface area (Å²) < 4.78 is 0. The molecule has 0 saturated carbocycles. The average molecular weight is 826 g/mol. The Morgan fingerprint density at radius 2 is 0.662 bits per heavy atom. The van der Waals surface area contributed by atoms with Crippen molar-refractivity contribution in [3.63, 3.8) is 0 Å². The summed E-state index contributed by atoms with van der Waals surface area (Å²) in [5.74, 6) is 1.93. The van der Waals surface area contributed by atoms with Crippen molar-refractivity contribution in [2.24, 2.45) is 0 Å². The second-order valence-electron chi connectivity index (χ2n) is 17.1. The molecule has 0 unspecified atom stereocenters. The van der Waals surface area contributed by atoms with Crippen LogP contribution in [0.15, 0.2) is 237 Å². The maximum atomic E-state index is 5.02. The lowest BCUT2D eigenvalue weighted by Crippen LogP contribution is -2.25. The van der Waals surface area contributed by atoms with E-state index in [0.29, 0.717) is 17.5 Å². The lowest BCUT2D eigenvalue weighted by molar-refractivity contribution is 0.794. The van der Waals surface area contributed by atoms with Crippen molar-refractivity contribution >= 4 is 10.8 Å². The fourth-order valence-electron chi connectivity index (χ4n) is 10.6. The van der Waals surface area contributed by atoms with E-state index >= 15 is 0 Å². The van der Waals surface area contributed by atoms with Crippen LogP contribution in [0.5, 0.6) is 0 Å². The van der Waals surface area contributed by atoms with E-state index in [1.807, 2.05) is 60.7 Å². The highest BCUT2D eigenvalue weighted by Crippen LogP contribution is 2.63. The molecule has 3 nitrogen and oxygen atoms in total. The van der Waals surface area contributed by atoms with Crippen LogP contribution in [-0.2, 0) is 5.41 Å². The van der Waals surface area contributed by atoms with Crippen LogP contribution in [0.4, 0.5) is 0 Å². The number of fused-ring (bicyclic) bond motifs is 11. The van der Waals surface area contributed by atoms with E-state index < -0.39 is 5.41 Å². The number of hydrogen-bond donors (Lipinski definition) is 0. The van der Waals surface area contributed by atoms with Crippen LogP contribution in [0.3, 0.4) is 0 Å². The third-order valence-corrected chi connectivity index (χ3v) is 13.5. The topological polar surface area (TPSA) is 38.7 Å². The molecule has 0 saturated heterocycles. The highest BCUT2D eigenvalue weighted by Gasteiger charge is 2.51. The summed E-state index contributed by atoms with van der Waals surface area (Å²) >= 11 is 0. The summed E-state index contributed by atoms with van der Waals surface area (Å²) in [6.45, 7) is 0. The molecule has 0 atom stereocenters. The molecule has 3 heteroatoms. The lowest BCUT2D eigenvalue weighted by Gasteiger charge is -2.31. The van der Waals surface area contributed by atoms with Crippen molar-refractivity contribution < 1.29 is 0 Å². The number of nitrogens with zero attached hydrogens (tertiary/aromatic N) is 3. The van der Waals surface area contributed by atoms with E-state index in [0.717, 1.165) is 27.8 Å². The minimum Gasteiger partial charge on any atom is -0.208 e. The first-order chi connectivity index (χ1) is 32.2. The van der Waals surface area contributed by atoms with Crippen LogP contribution in [0.2, 0.25) is 0 Å². The third kappa shape index (κ3) is 5.86. The van der Waals surface area contributed by atoms with Crippen molar-refractivity contribution in [2.45, 2.75) is 5.41 Å². The highest BCUT2D eigenvalue weighted by atomic mass is 15.0. The van der Waals surface area contributed by atoms with Crippen LogP contribution in [0.1, 0.15) is 22.3 Å². The first-order valence-electron chi connectivity index (χ1n) is 22.3. The average Bonchev–Trinajstić information content (AvgIpc) is 3.85. The van der Waals surface area contributed by atoms with Gasteiger partial charge in [-0.25, -0.2) is 15.0 Å². The molecular formula is C62H39N3. The SMILES string of the molecule is c1ccc(-c2nc(-c3ccccc3)nc(-c3cccc(-c4ccc(-c5cc6c(cc5-c5ccc7ccccc7c5)-c5ccccc5C65c6ccccc6-c6ccccc65)cc4)c3)n2)cc1. The second-order valence-corrected chi connectivity index (χ2v) is 17.1. The van der Waals surface area contributed by atoms with Gasteiger partial charge in [-0.05, 0) is 113 Å². The highest BCUT2D eigenvalue weighted by molar-refractivity contribution is 6.00. The zero-order valence-electron chi connectivity index (χ0n) is 35.4. The molecule has 0 amide bonds. The van der Waals surface area contributed by atoms with Gasteiger partial charge >= 0.3 is 0 Å². The summed E-state index contributed by atoms with van der Waals surface area (Å²) in [6, 6.07) is 85.6. The summed E-state index contributed by atoms with van der Waals surface area (Å²) in [5.41, 5.74) is 20.0. The van der Waals surface area contributed by atoms with Gasteiger partial charge in [-0.1, -0.05) is 212 Å². The van der Waals surface area contributed by atoms with Crippen molar-refractivity contribution in [3.05, 3.63) is 259 Å². The predicted molar refractivity (Wildman–Crippen MR) is 266 cm³/mol. The van der Waals surface area contributed by atoms with Crippen molar-refractivity contribution in [1.82, 2.24) is 15.0 Å². The zero-order valence-corrected chi connectivity index (χ0v) is 35.4. The van der Waals surface area contributed by atoms with Gasteiger partial charge in [0.15, 0.2) is 17.5 Å². The molecule has 13 rings (SSSR count). The van der Waals surface area contributed by atoms with Crippen LogP contribution in [-0.4, -0.2) is 15.0 Å². The van der Waals surface area contributed by atoms with Crippen LogP contribution < -0.4 is 0 Å². The minimum absolute atomic E-state index is 0.439. The van der Waals surface area contributed by atoms with E-state index in [9.17, 15) is 0 Å². The van der Waals surface area contributed by atoms with E-state index in [2.05, 4.69) is 176 Å². The Morgan fingerprint density at radius 1 is 0.215 bits per heavy atom. The fourth-order valence-corrected chi connectivity index (χ4v) is 10.6. The van der Waals surface area contributed by atoms with E-state index in [1.54, 1.807) is 0 Å². The van der Waals surface area contributed by atoms with Gasteiger partial charge in [0.25, 0.3) is 0 Å². The van der Waals surface area contributed by atoms with Crippen LogP contribution in [0, 0.1) is 0 Å². The molecule has 0 N–H and O–H groups in total. The maximum absolute atomic E-state index is 5.02. The molecule has 0 radical (unpaired) electrons. The maximum Gasteiger partial charge on any atom is 0.164 e.